The number of amides is 2. The van der Waals surface area contributed by atoms with E-state index >= 15 is 0 Å². The van der Waals surface area contributed by atoms with E-state index < -0.39 is 18.1 Å². The molecule has 0 bridgehead atoms. The highest BCUT2D eigenvalue weighted by Crippen LogP contribution is 2.44. The highest BCUT2D eigenvalue weighted by atomic mass is 16.5. The van der Waals surface area contributed by atoms with Crippen molar-refractivity contribution in [1.82, 2.24) is 10.3 Å². The molecule has 1 heterocycles. The summed E-state index contributed by atoms with van der Waals surface area (Å²) < 4.78 is 5.50. The second kappa shape index (κ2) is 9.52. The smallest absolute Gasteiger partial charge is 0.407 e. The van der Waals surface area contributed by atoms with E-state index in [1.54, 1.807) is 6.92 Å². The number of ether oxygens (including phenoxy) is 1. The normalized spacial score (nSPS) is 12.9. The molecule has 3 N–H and O–H groups in total. The maximum absolute atomic E-state index is 12.4. The lowest BCUT2D eigenvalue weighted by molar-refractivity contribution is -0.116. The van der Waals surface area contributed by atoms with Crippen LogP contribution in [-0.4, -0.2) is 40.7 Å². The zero-order valence-electron chi connectivity index (χ0n) is 17.9. The van der Waals surface area contributed by atoms with Crippen LogP contribution >= 0.6 is 0 Å². The van der Waals surface area contributed by atoms with Crippen LogP contribution in [0.4, 0.5) is 10.5 Å². The third-order valence-electron chi connectivity index (χ3n) is 5.47. The molecule has 2 amide bonds. The third-order valence-corrected chi connectivity index (χ3v) is 5.47. The number of hydrogen-bond acceptors (Lipinski definition) is 5. The molecule has 0 saturated heterocycles. The summed E-state index contributed by atoms with van der Waals surface area (Å²) >= 11 is 0. The maximum atomic E-state index is 12.4. The van der Waals surface area contributed by atoms with E-state index in [0.717, 1.165) is 22.3 Å². The van der Waals surface area contributed by atoms with Crippen LogP contribution in [0.5, 0.6) is 0 Å². The van der Waals surface area contributed by atoms with Gasteiger partial charge in [-0.2, -0.15) is 0 Å². The molecule has 0 spiro atoms. The maximum Gasteiger partial charge on any atom is 0.407 e. The highest BCUT2D eigenvalue weighted by Gasteiger charge is 2.29. The molecule has 1 unspecified atom stereocenters. The predicted octanol–water partition coefficient (Wildman–Crippen LogP) is 4.04. The molecule has 1 atom stereocenters. The number of benzene rings is 2. The zero-order valence-corrected chi connectivity index (χ0v) is 17.9. The topological polar surface area (TPSA) is 118 Å². The molecular weight excluding hydrogens is 422 g/mol. The van der Waals surface area contributed by atoms with Crippen LogP contribution in [0.25, 0.3) is 11.1 Å². The van der Waals surface area contributed by atoms with Gasteiger partial charge in [-0.05, 0) is 35.2 Å². The van der Waals surface area contributed by atoms with E-state index in [9.17, 15) is 14.4 Å². The van der Waals surface area contributed by atoms with E-state index in [2.05, 4.69) is 27.8 Å². The van der Waals surface area contributed by atoms with Gasteiger partial charge in [0.2, 0.25) is 5.91 Å². The molecule has 4 rings (SSSR count). The van der Waals surface area contributed by atoms with Crippen molar-refractivity contribution in [3.8, 4) is 11.1 Å². The summed E-state index contributed by atoms with van der Waals surface area (Å²) in [6.45, 7) is 1.87. The van der Waals surface area contributed by atoms with Crippen LogP contribution in [0.1, 0.15) is 40.7 Å². The number of carbonyl (C=O) groups excluding carboxylic acids is 2. The van der Waals surface area contributed by atoms with Crippen molar-refractivity contribution < 1.29 is 24.2 Å². The number of nitrogens with one attached hydrogen (secondary N) is 2. The second-order valence-electron chi connectivity index (χ2n) is 7.89. The highest BCUT2D eigenvalue weighted by molar-refractivity contribution is 5.93. The molecule has 8 nitrogen and oxygen atoms in total. The van der Waals surface area contributed by atoms with E-state index in [4.69, 9.17) is 9.84 Å². The van der Waals surface area contributed by atoms with Gasteiger partial charge in [-0.1, -0.05) is 48.5 Å². The Labute approximate surface area is 190 Å². The van der Waals surface area contributed by atoms with Gasteiger partial charge in [-0.15, -0.1) is 0 Å². The molecule has 1 aliphatic rings. The Morgan fingerprint density at radius 1 is 1.03 bits per heavy atom. The minimum Gasteiger partial charge on any atom is -0.478 e. The fourth-order valence-electron chi connectivity index (χ4n) is 4.01. The van der Waals surface area contributed by atoms with Gasteiger partial charge in [-0.3, -0.25) is 9.78 Å². The summed E-state index contributed by atoms with van der Waals surface area (Å²) in [7, 11) is 0. The largest absolute Gasteiger partial charge is 0.478 e. The monoisotopic (exact) mass is 445 g/mol. The molecule has 168 valence electrons. The number of pyridine rings is 1. The van der Waals surface area contributed by atoms with Gasteiger partial charge in [0, 0.05) is 24.6 Å². The molecule has 3 aromatic rings. The Morgan fingerprint density at radius 2 is 1.67 bits per heavy atom. The Kier molecular flexibility index (Phi) is 6.35. The van der Waals surface area contributed by atoms with Crippen molar-refractivity contribution in [3.63, 3.8) is 0 Å². The van der Waals surface area contributed by atoms with Crippen LogP contribution in [-0.2, 0) is 9.53 Å². The van der Waals surface area contributed by atoms with Crippen molar-refractivity contribution >= 4 is 23.7 Å². The third kappa shape index (κ3) is 5.01. The van der Waals surface area contributed by atoms with Crippen LogP contribution in [0.15, 0.2) is 67.0 Å². The Balaban J connectivity index is 1.30. The van der Waals surface area contributed by atoms with Crippen molar-refractivity contribution in [2.75, 3.05) is 11.9 Å². The molecule has 0 fully saturated rings. The van der Waals surface area contributed by atoms with Crippen LogP contribution in [0, 0.1) is 0 Å². The molecule has 8 heteroatoms. The fraction of sp³-hybridized carbons (Fsp3) is 0.200. The van der Waals surface area contributed by atoms with Crippen molar-refractivity contribution in [2.45, 2.75) is 25.3 Å². The number of hydrogen-bond donors (Lipinski definition) is 3. The summed E-state index contributed by atoms with van der Waals surface area (Å²) in [5.74, 6) is -1.56. The van der Waals surface area contributed by atoms with Gasteiger partial charge in [0.25, 0.3) is 0 Å². The molecule has 33 heavy (non-hydrogen) atoms. The van der Waals surface area contributed by atoms with E-state index in [-0.39, 0.29) is 36.1 Å². The summed E-state index contributed by atoms with van der Waals surface area (Å²) in [6, 6.07) is 17.0. The number of fused-ring (bicyclic) bond motifs is 3. The average Bonchev–Trinajstić information content (AvgIpc) is 3.11. The SMILES string of the molecule is CC(CC(=O)Nc1cncc(C(=O)O)c1)NC(=O)OCC1c2ccccc2-c2ccccc21. The van der Waals surface area contributed by atoms with E-state index in [0.29, 0.717) is 0 Å². The molecule has 0 saturated carbocycles. The molecule has 0 aliphatic heterocycles. The average molecular weight is 445 g/mol. The zero-order chi connectivity index (χ0) is 23.4. The fourth-order valence-corrected chi connectivity index (χ4v) is 4.01. The van der Waals surface area contributed by atoms with Gasteiger partial charge < -0.3 is 20.5 Å². The quantitative estimate of drug-likeness (QED) is 0.505. The second-order valence-corrected chi connectivity index (χ2v) is 7.89. The van der Waals surface area contributed by atoms with Gasteiger partial charge >= 0.3 is 12.1 Å². The number of aromatic nitrogens is 1. The molecule has 0 radical (unpaired) electrons. The summed E-state index contributed by atoms with van der Waals surface area (Å²) in [5.41, 5.74) is 4.78. The molecule has 2 aromatic carbocycles. The lowest BCUT2D eigenvalue weighted by Gasteiger charge is -2.17. The minimum absolute atomic E-state index is 0.0124. The first-order chi connectivity index (χ1) is 15.9. The number of aromatic carboxylic acids is 1. The lowest BCUT2D eigenvalue weighted by Crippen LogP contribution is -2.36. The lowest BCUT2D eigenvalue weighted by atomic mass is 9.98. The standard InChI is InChI=1S/C25H23N3O5/c1-15(10-23(29)28-17-11-16(24(30)31)12-26-13-17)27-25(32)33-14-22-20-8-4-2-6-18(20)19-7-3-5-9-21(19)22/h2-9,11-13,15,22H,10,14H2,1H3,(H,27,32)(H,28,29)(H,30,31). The van der Waals surface area contributed by atoms with Crippen molar-refractivity contribution in [1.29, 1.82) is 0 Å². The Morgan fingerprint density at radius 3 is 2.30 bits per heavy atom. The summed E-state index contributed by atoms with van der Waals surface area (Å²) in [6.07, 6.45) is 1.93. The Bertz CT molecular complexity index is 1160. The number of carboxylic acids is 1. The number of rotatable bonds is 7. The minimum atomic E-state index is -1.14. The van der Waals surface area contributed by atoms with Gasteiger partial charge in [0.1, 0.15) is 6.61 Å². The summed E-state index contributed by atoms with van der Waals surface area (Å²) in [4.78, 5) is 39.4. The molecular formula is C25H23N3O5. The Hall–Kier alpha value is -4.20. The first kappa shape index (κ1) is 22.0. The first-order valence-electron chi connectivity index (χ1n) is 10.5. The van der Waals surface area contributed by atoms with Crippen LogP contribution in [0.3, 0.4) is 0 Å². The van der Waals surface area contributed by atoms with E-state index in [1.807, 2.05) is 36.4 Å². The molecule has 1 aromatic heterocycles. The molecule has 1 aliphatic carbocycles. The van der Waals surface area contributed by atoms with Gasteiger partial charge in [0.15, 0.2) is 0 Å². The van der Waals surface area contributed by atoms with E-state index in [1.165, 1.54) is 18.5 Å². The van der Waals surface area contributed by atoms with Crippen molar-refractivity contribution in [3.05, 3.63) is 83.7 Å². The number of carboxylic acid groups (broad SMARTS) is 1. The predicted molar refractivity (Wildman–Crippen MR) is 122 cm³/mol. The number of carbonyl (C=O) groups is 3. The summed E-state index contributed by atoms with van der Waals surface area (Å²) in [5, 5.41) is 14.3. The first-order valence-corrected chi connectivity index (χ1v) is 10.5. The van der Waals surface area contributed by atoms with Gasteiger partial charge in [0.05, 0.1) is 17.4 Å². The van der Waals surface area contributed by atoms with Crippen LogP contribution in [0.2, 0.25) is 0 Å². The van der Waals surface area contributed by atoms with Gasteiger partial charge in [-0.25, -0.2) is 9.59 Å². The van der Waals surface area contributed by atoms with Crippen LogP contribution < -0.4 is 10.6 Å². The number of nitrogens with zero attached hydrogens (tertiary/aromatic N) is 1. The van der Waals surface area contributed by atoms with Crippen molar-refractivity contribution in [2.24, 2.45) is 0 Å². The number of alkyl carbamates (subject to hydrolysis) is 1. The number of anilines is 1.